The minimum absolute atomic E-state index is 0.0302. The fraction of sp³-hybridized carbons (Fsp3) is 0.909. The van der Waals surface area contributed by atoms with Crippen LogP contribution in [0.3, 0.4) is 0 Å². The van der Waals surface area contributed by atoms with Crippen LogP contribution < -0.4 is 0 Å². The van der Waals surface area contributed by atoms with E-state index < -0.39 is 16.2 Å². The number of hydrogen-bond acceptors (Lipinski definition) is 5. The van der Waals surface area contributed by atoms with Crippen LogP contribution in [0.25, 0.3) is 0 Å². The Hall–Kier alpha value is -0.700. The first kappa shape index (κ1) is 18.3. The second kappa shape index (κ2) is 8.47. The average Bonchev–Trinajstić information content (AvgIpc) is 2.34. The molecule has 0 amide bonds. The van der Waals surface area contributed by atoms with Crippen LogP contribution in [-0.4, -0.2) is 70.0 Å². The molecule has 0 bridgehead atoms. The standard InChI is InChI=1S/C11H24N2O5S/c1-10(2)13(8-9-17-4)19(15,16)12(3)7-6-11(14)18-5/h10H,6-9H2,1-5H3. The molecule has 0 unspecified atom stereocenters. The maximum Gasteiger partial charge on any atom is 0.306 e. The van der Waals surface area contributed by atoms with Crippen molar-refractivity contribution in [2.45, 2.75) is 26.3 Å². The van der Waals surface area contributed by atoms with Gasteiger partial charge < -0.3 is 9.47 Å². The van der Waals surface area contributed by atoms with Crippen molar-refractivity contribution in [3.63, 3.8) is 0 Å². The molecule has 8 heteroatoms. The molecular formula is C11H24N2O5S. The Labute approximate surface area is 115 Å². The summed E-state index contributed by atoms with van der Waals surface area (Å²) in [5, 5.41) is 0. The fourth-order valence-corrected chi connectivity index (χ4v) is 2.98. The third-order valence-electron chi connectivity index (χ3n) is 2.64. The van der Waals surface area contributed by atoms with E-state index in [0.717, 1.165) is 4.31 Å². The van der Waals surface area contributed by atoms with E-state index in [-0.39, 0.29) is 25.6 Å². The summed E-state index contributed by atoms with van der Waals surface area (Å²) < 4.78 is 36.5. The predicted molar refractivity (Wildman–Crippen MR) is 71.9 cm³/mol. The first-order valence-corrected chi connectivity index (χ1v) is 7.45. The van der Waals surface area contributed by atoms with Gasteiger partial charge in [-0.15, -0.1) is 0 Å². The average molecular weight is 296 g/mol. The molecular weight excluding hydrogens is 272 g/mol. The Balaban J connectivity index is 4.74. The monoisotopic (exact) mass is 296 g/mol. The number of hydrogen-bond donors (Lipinski definition) is 0. The maximum atomic E-state index is 12.3. The second-order valence-electron chi connectivity index (χ2n) is 4.35. The lowest BCUT2D eigenvalue weighted by Crippen LogP contribution is -2.47. The van der Waals surface area contributed by atoms with Gasteiger partial charge in [-0.1, -0.05) is 0 Å². The van der Waals surface area contributed by atoms with Crippen LogP contribution in [0.5, 0.6) is 0 Å². The van der Waals surface area contributed by atoms with Crippen molar-refractivity contribution < 1.29 is 22.7 Å². The zero-order valence-electron chi connectivity index (χ0n) is 12.2. The van der Waals surface area contributed by atoms with E-state index in [2.05, 4.69) is 4.74 Å². The van der Waals surface area contributed by atoms with Crippen LogP contribution in [0.4, 0.5) is 0 Å². The molecule has 0 aromatic rings. The van der Waals surface area contributed by atoms with Gasteiger partial charge in [-0.25, -0.2) is 0 Å². The molecule has 0 atom stereocenters. The molecule has 0 fully saturated rings. The fourth-order valence-electron chi connectivity index (χ4n) is 1.47. The predicted octanol–water partition coefficient (Wildman–Crippen LogP) is 0.0829. The molecule has 19 heavy (non-hydrogen) atoms. The van der Waals surface area contributed by atoms with Gasteiger partial charge in [-0.3, -0.25) is 4.79 Å². The van der Waals surface area contributed by atoms with Crippen LogP contribution in [0.1, 0.15) is 20.3 Å². The first-order chi connectivity index (χ1) is 8.77. The van der Waals surface area contributed by atoms with Crippen molar-refractivity contribution in [1.82, 2.24) is 8.61 Å². The summed E-state index contributed by atoms with van der Waals surface area (Å²) in [5.74, 6) is -0.435. The second-order valence-corrected chi connectivity index (χ2v) is 6.34. The molecule has 0 saturated heterocycles. The van der Waals surface area contributed by atoms with Crippen molar-refractivity contribution in [3.8, 4) is 0 Å². The van der Waals surface area contributed by atoms with Crippen LogP contribution in [0.2, 0.25) is 0 Å². The molecule has 0 radical (unpaired) electrons. The zero-order chi connectivity index (χ0) is 15.1. The molecule has 0 heterocycles. The number of esters is 1. The van der Waals surface area contributed by atoms with E-state index in [0.29, 0.717) is 6.61 Å². The molecule has 7 nitrogen and oxygen atoms in total. The minimum Gasteiger partial charge on any atom is -0.469 e. The van der Waals surface area contributed by atoms with Gasteiger partial charge in [0, 0.05) is 33.3 Å². The van der Waals surface area contributed by atoms with Crippen molar-refractivity contribution in [2.75, 3.05) is 41.0 Å². The van der Waals surface area contributed by atoms with Crippen LogP contribution in [-0.2, 0) is 24.5 Å². The van der Waals surface area contributed by atoms with E-state index in [9.17, 15) is 13.2 Å². The molecule has 0 aliphatic heterocycles. The first-order valence-electron chi connectivity index (χ1n) is 6.06. The van der Waals surface area contributed by atoms with E-state index in [1.807, 2.05) is 0 Å². The Morgan fingerprint density at radius 2 is 1.79 bits per heavy atom. The van der Waals surface area contributed by atoms with Crippen molar-refractivity contribution in [2.24, 2.45) is 0 Å². The van der Waals surface area contributed by atoms with Gasteiger partial charge >= 0.3 is 5.97 Å². The maximum absolute atomic E-state index is 12.3. The Morgan fingerprint density at radius 1 is 1.21 bits per heavy atom. The molecule has 0 aromatic heterocycles. The van der Waals surface area contributed by atoms with Gasteiger partial charge in [0.25, 0.3) is 10.2 Å². The number of carbonyl (C=O) groups is 1. The summed E-state index contributed by atoms with van der Waals surface area (Å²) in [5.41, 5.74) is 0. The quantitative estimate of drug-likeness (QED) is 0.563. The highest BCUT2D eigenvalue weighted by atomic mass is 32.2. The van der Waals surface area contributed by atoms with E-state index in [4.69, 9.17) is 4.74 Å². The summed E-state index contributed by atoms with van der Waals surface area (Å²) >= 11 is 0. The molecule has 0 aliphatic rings. The summed E-state index contributed by atoms with van der Waals surface area (Å²) in [6.07, 6.45) is 0.0302. The molecule has 0 rings (SSSR count). The van der Waals surface area contributed by atoms with E-state index >= 15 is 0 Å². The van der Waals surface area contributed by atoms with Gasteiger partial charge in [-0.05, 0) is 13.8 Å². The molecule has 0 saturated carbocycles. The lowest BCUT2D eigenvalue weighted by Gasteiger charge is -2.30. The third kappa shape index (κ3) is 5.85. The van der Waals surface area contributed by atoms with E-state index in [1.54, 1.807) is 13.8 Å². The lowest BCUT2D eigenvalue weighted by molar-refractivity contribution is -0.140. The summed E-state index contributed by atoms with van der Waals surface area (Å²) in [4.78, 5) is 11.0. The van der Waals surface area contributed by atoms with Crippen LogP contribution >= 0.6 is 0 Å². The van der Waals surface area contributed by atoms with Gasteiger partial charge in [0.1, 0.15) is 0 Å². The van der Waals surface area contributed by atoms with Crippen LogP contribution in [0.15, 0.2) is 0 Å². The number of methoxy groups -OCH3 is 2. The molecule has 0 spiro atoms. The number of carbonyl (C=O) groups excluding carboxylic acids is 1. The van der Waals surface area contributed by atoms with Gasteiger partial charge in [0.05, 0.1) is 20.1 Å². The molecule has 0 aliphatic carbocycles. The lowest BCUT2D eigenvalue weighted by atomic mass is 10.4. The molecule has 114 valence electrons. The van der Waals surface area contributed by atoms with Crippen molar-refractivity contribution in [3.05, 3.63) is 0 Å². The van der Waals surface area contributed by atoms with Crippen molar-refractivity contribution in [1.29, 1.82) is 0 Å². The highest BCUT2D eigenvalue weighted by Gasteiger charge is 2.29. The molecule has 0 N–H and O–H groups in total. The van der Waals surface area contributed by atoms with Crippen LogP contribution in [0, 0.1) is 0 Å². The minimum atomic E-state index is -3.60. The van der Waals surface area contributed by atoms with Gasteiger partial charge in [0.15, 0.2) is 0 Å². The smallest absolute Gasteiger partial charge is 0.306 e. The number of rotatable bonds is 9. The largest absolute Gasteiger partial charge is 0.469 e. The summed E-state index contributed by atoms with van der Waals surface area (Å²) in [7, 11) is 0.641. The third-order valence-corrected chi connectivity index (χ3v) is 4.81. The summed E-state index contributed by atoms with van der Waals surface area (Å²) in [6, 6.07) is -0.180. The SMILES string of the molecule is COCCN(C(C)C)S(=O)(=O)N(C)CCC(=O)OC. The Kier molecular flexibility index (Phi) is 8.15. The topological polar surface area (TPSA) is 76.2 Å². The Morgan fingerprint density at radius 3 is 2.21 bits per heavy atom. The van der Waals surface area contributed by atoms with E-state index in [1.165, 1.54) is 25.6 Å². The highest BCUT2D eigenvalue weighted by molar-refractivity contribution is 7.86. The highest BCUT2D eigenvalue weighted by Crippen LogP contribution is 2.11. The van der Waals surface area contributed by atoms with Gasteiger partial charge in [0.2, 0.25) is 0 Å². The van der Waals surface area contributed by atoms with Gasteiger partial charge in [-0.2, -0.15) is 17.0 Å². The number of ether oxygens (including phenoxy) is 2. The normalized spacial score (nSPS) is 12.4. The zero-order valence-corrected chi connectivity index (χ0v) is 13.1. The Bertz CT molecular complexity index is 369. The van der Waals surface area contributed by atoms with Crippen molar-refractivity contribution >= 4 is 16.2 Å². The number of nitrogens with zero attached hydrogens (tertiary/aromatic N) is 2. The molecule has 0 aromatic carbocycles. The summed E-state index contributed by atoms with van der Waals surface area (Å²) in [6.45, 7) is 4.27.